The molecule has 0 bridgehead atoms. The summed E-state index contributed by atoms with van der Waals surface area (Å²) in [5.41, 5.74) is 2.92. The second-order valence-corrected chi connectivity index (χ2v) is 6.41. The monoisotopic (exact) mass is 362 g/mol. The van der Waals surface area contributed by atoms with E-state index in [0.29, 0.717) is 22.4 Å². The summed E-state index contributed by atoms with van der Waals surface area (Å²) < 4.78 is 5.39. The van der Waals surface area contributed by atoms with Crippen molar-refractivity contribution < 1.29 is 9.21 Å². The normalized spacial score (nSPS) is 11.3. The minimum atomic E-state index is -0.238. The van der Waals surface area contributed by atoms with Gasteiger partial charge in [0, 0.05) is 11.4 Å². The number of nitrogens with zero attached hydrogens (tertiary/aromatic N) is 1. The van der Waals surface area contributed by atoms with Crippen LogP contribution in [-0.2, 0) is 4.79 Å². The molecule has 0 aliphatic rings. The summed E-state index contributed by atoms with van der Waals surface area (Å²) in [4.78, 5) is 24.1. The molecule has 1 aromatic heterocycles. The average Bonchev–Trinajstić information content (AvgIpc) is 2.60. The van der Waals surface area contributed by atoms with Crippen LogP contribution < -0.4 is 10.9 Å². The lowest BCUT2D eigenvalue weighted by atomic mass is 10.1. The maximum Gasteiger partial charge on any atom is 0.240 e. The van der Waals surface area contributed by atoms with Crippen molar-refractivity contribution in [2.75, 3.05) is 0 Å². The zero-order chi connectivity index (χ0) is 18.1. The molecule has 0 aliphatic heterocycles. The fourth-order valence-corrected chi connectivity index (χ4v) is 2.68. The van der Waals surface area contributed by atoms with Crippen molar-refractivity contribution in [2.24, 2.45) is 5.10 Å². The second kappa shape index (κ2) is 9.99. The number of unbranched alkanes of at least 4 members (excludes halogenated alkanes) is 5. The zero-order valence-corrected chi connectivity index (χ0v) is 15.1. The van der Waals surface area contributed by atoms with Gasteiger partial charge in [-0.2, -0.15) is 5.10 Å². The first-order valence-electron chi connectivity index (χ1n) is 8.64. The van der Waals surface area contributed by atoms with Crippen molar-refractivity contribution in [3.63, 3.8) is 0 Å². The van der Waals surface area contributed by atoms with E-state index in [1.165, 1.54) is 31.7 Å². The van der Waals surface area contributed by atoms with E-state index in [2.05, 4.69) is 17.5 Å². The number of benzene rings is 1. The zero-order valence-electron chi connectivity index (χ0n) is 14.4. The van der Waals surface area contributed by atoms with E-state index in [1.807, 2.05) is 0 Å². The maximum atomic E-state index is 12.3. The van der Waals surface area contributed by atoms with Crippen LogP contribution in [0.4, 0.5) is 0 Å². The first-order valence-corrected chi connectivity index (χ1v) is 9.02. The lowest BCUT2D eigenvalue weighted by Gasteiger charge is -2.01. The van der Waals surface area contributed by atoms with Gasteiger partial charge >= 0.3 is 0 Å². The van der Waals surface area contributed by atoms with Crippen LogP contribution in [-0.4, -0.2) is 12.1 Å². The molecule has 0 atom stereocenters. The van der Waals surface area contributed by atoms with Gasteiger partial charge in [0.15, 0.2) is 0 Å². The summed E-state index contributed by atoms with van der Waals surface area (Å²) in [6, 6.07) is 4.85. The van der Waals surface area contributed by atoms with Crippen LogP contribution in [0.2, 0.25) is 5.02 Å². The summed E-state index contributed by atoms with van der Waals surface area (Å²) >= 11 is 5.91. The lowest BCUT2D eigenvalue weighted by molar-refractivity contribution is -0.121. The third-order valence-electron chi connectivity index (χ3n) is 3.91. The number of rotatable bonds is 9. The molecule has 1 amide bonds. The van der Waals surface area contributed by atoms with Gasteiger partial charge in [-0.15, -0.1) is 0 Å². The van der Waals surface area contributed by atoms with Gasteiger partial charge in [-0.1, -0.05) is 50.6 Å². The molecule has 5 nitrogen and oxygen atoms in total. The molecule has 0 saturated heterocycles. The quantitative estimate of drug-likeness (QED) is 0.401. The molecular formula is C19H23ClN2O3. The smallest absolute Gasteiger partial charge is 0.240 e. The number of amides is 1. The standard InChI is InChI=1S/C19H23ClN2O3/c1-2-3-4-5-6-7-8-18(23)22-21-12-14-13-25-17-10-9-15(20)11-16(17)19(14)24/h9-13H,2-8H2,1H3,(H,22,23). The highest BCUT2D eigenvalue weighted by atomic mass is 35.5. The van der Waals surface area contributed by atoms with Gasteiger partial charge < -0.3 is 4.42 Å². The summed E-state index contributed by atoms with van der Waals surface area (Å²) in [5, 5.41) is 4.69. The van der Waals surface area contributed by atoms with E-state index >= 15 is 0 Å². The van der Waals surface area contributed by atoms with Crippen LogP contribution in [0.3, 0.4) is 0 Å². The molecule has 6 heteroatoms. The molecule has 2 rings (SSSR count). The van der Waals surface area contributed by atoms with E-state index in [4.69, 9.17) is 16.0 Å². The van der Waals surface area contributed by atoms with Crippen molar-refractivity contribution in [1.29, 1.82) is 0 Å². The molecule has 2 aromatic rings. The highest BCUT2D eigenvalue weighted by Gasteiger charge is 2.06. The first-order chi connectivity index (χ1) is 12.1. The number of fused-ring (bicyclic) bond motifs is 1. The molecule has 0 aliphatic carbocycles. The van der Waals surface area contributed by atoms with E-state index in [-0.39, 0.29) is 16.9 Å². The topological polar surface area (TPSA) is 71.7 Å². The van der Waals surface area contributed by atoms with E-state index in [0.717, 1.165) is 19.3 Å². The van der Waals surface area contributed by atoms with Crippen LogP contribution in [0.5, 0.6) is 0 Å². The summed E-state index contributed by atoms with van der Waals surface area (Å²) in [7, 11) is 0. The minimum Gasteiger partial charge on any atom is -0.463 e. The van der Waals surface area contributed by atoms with Crippen LogP contribution >= 0.6 is 11.6 Å². The fraction of sp³-hybridized carbons (Fsp3) is 0.421. The molecule has 1 heterocycles. The number of hydrazone groups is 1. The molecule has 0 fully saturated rings. The number of hydrogen-bond donors (Lipinski definition) is 1. The molecule has 0 saturated carbocycles. The number of hydrogen-bond acceptors (Lipinski definition) is 4. The van der Waals surface area contributed by atoms with Gasteiger partial charge in [-0.25, -0.2) is 5.43 Å². The van der Waals surface area contributed by atoms with Gasteiger partial charge in [0.25, 0.3) is 0 Å². The molecule has 0 radical (unpaired) electrons. The van der Waals surface area contributed by atoms with Crippen molar-refractivity contribution in [3.05, 3.63) is 45.3 Å². The van der Waals surface area contributed by atoms with Crippen LogP contribution in [0, 0.1) is 0 Å². The molecule has 0 unspecified atom stereocenters. The van der Waals surface area contributed by atoms with Crippen LogP contribution in [0.1, 0.15) is 57.4 Å². The fourth-order valence-electron chi connectivity index (χ4n) is 2.50. The van der Waals surface area contributed by atoms with Crippen LogP contribution in [0.25, 0.3) is 11.0 Å². The van der Waals surface area contributed by atoms with Gasteiger partial charge in [0.05, 0.1) is 17.2 Å². The number of nitrogens with one attached hydrogen (secondary N) is 1. The third kappa shape index (κ3) is 6.02. The Hall–Kier alpha value is -2.14. The van der Waals surface area contributed by atoms with Gasteiger partial charge in [0.2, 0.25) is 11.3 Å². The number of carbonyl (C=O) groups is 1. The van der Waals surface area contributed by atoms with Crippen molar-refractivity contribution >= 4 is 34.7 Å². The first kappa shape index (κ1) is 19.2. The van der Waals surface area contributed by atoms with E-state index in [9.17, 15) is 9.59 Å². The molecule has 134 valence electrons. The molecular weight excluding hydrogens is 340 g/mol. The Balaban J connectivity index is 1.85. The Labute approximate surface area is 152 Å². The Bertz CT molecular complexity index is 799. The maximum absolute atomic E-state index is 12.3. The van der Waals surface area contributed by atoms with Crippen molar-refractivity contribution in [3.8, 4) is 0 Å². The molecule has 1 N–H and O–H groups in total. The van der Waals surface area contributed by atoms with Gasteiger partial charge in [-0.3, -0.25) is 9.59 Å². The van der Waals surface area contributed by atoms with Gasteiger partial charge in [0.1, 0.15) is 11.8 Å². The summed E-state index contributed by atoms with van der Waals surface area (Å²) in [5.74, 6) is -0.153. The number of halogens is 1. The van der Waals surface area contributed by atoms with Crippen LogP contribution in [0.15, 0.2) is 38.8 Å². The molecule has 25 heavy (non-hydrogen) atoms. The predicted molar refractivity (Wildman–Crippen MR) is 101 cm³/mol. The van der Waals surface area contributed by atoms with Crippen molar-refractivity contribution in [2.45, 2.75) is 51.9 Å². The Kier molecular flexibility index (Phi) is 7.67. The minimum absolute atomic E-state index is 0.153. The summed E-state index contributed by atoms with van der Waals surface area (Å²) in [6.07, 6.45) is 9.79. The van der Waals surface area contributed by atoms with E-state index in [1.54, 1.807) is 18.2 Å². The SMILES string of the molecule is CCCCCCCCC(=O)NN=Cc1coc2ccc(Cl)cc2c1=O. The highest BCUT2D eigenvalue weighted by molar-refractivity contribution is 6.31. The Morgan fingerprint density at radius 3 is 2.80 bits per heavy atom. The number of carbonyl (C=O) groups excluding carboxylic acids is 1. The highest BCUT2D eigenvalue weighted by Crippen LogP contribution is 2.16. The third-order valence-corrected chi connectivity index (χ3v) is 4.15. The molecule has 0 spiro atoms. The largest absolute Gasteiger partial charge is 0.463 e. The van der Waals surface area contributed by atoms with Crippen molar-refractivity contribution in [1.82, 2.24) is 5.43 Å². The van der Waals surface area contributed by atoms with Gasteiger partial charge in [-0.05, 0) is 24.6 Å². The molecule has 1 aromatic carbocycles. The lowest BCUT2D eigenvalue weighted by Crippen LogP contribution is -2.18. The summed E-state index contributed by atoms with van der Waals surface area (Å²) in [6.45, 7) is 2.18. The Morgan fingerprint density at radius 2 is 2.00 bits per heavy atom. The Morgan fingerprint density at radius 1 is 1.24 bits per heavy atom. The van der Waals surface area contributed by atoms with E-state index < -0.39 is 0 Å². The average molecular weight is 363 g/mol. The predicted octanol–water partition coefficient (Wildman–Crippen LogP) is 4.65. The second-order valence-electron chi connectivity index (χ2n) is 5.97.